The Balaban J connectivity index is 2.07. The van der Waals surface area contributed by atoms with E-state index >= 15 is 0 Å². The highest BCUT2D eigenvalue weighted by molar-refractivity contribution is 5.81. The van der Waals surface area contributed by atoms with Gasteiger partial charge in [0.1, 0.15) is 5.65 Å². The summed E-state index contributed by atoms with van der Waals surface area (Å²) in [4.78, 5) is 28.1. The minimum absolute atomic E-state index is 0.0671. The van der Waals surface area contributed by atoms with Gasteiger partial charge in [-0.25, -0.2) is 4.98 Å². The summed E-state index contributed by atoms with van der Waals surface area (Å²) in [5, 5.41) is 5.91. The third kappa shape index (κ3) is 3.88. The molecule has 0 fully saturated rings. The second-order valence-corrected chi connectivity index (χ2v) is 5.28. The largest absolute Gasteiger partial charge is 0.353 e. The van der Waals surface area contributed by atoms with E-state index in [1.165, 1.54) is 10.5 Å². The molecule has 112 valence electrons. The van der Waals surface area contributed by atoms with E-state index in [0.29, 0.717) is 17.9 Å². The van der Waals surface area contributed by atoms with Gasteiger partial charge >= 0.3 is 0 Å². The molecule has 0 saturated heterocycles. The molecule has 2 aromatic rings. The molecular weight excluding hydrogens is 268 g/mol. The number of pyridine rings is 1. The quantitative estimate of drug-likeness (QED) is 0.849. The van der Waals surface area contributed by atoms with Crippen LogP contribution >= 0.6 is 0 Å². The molecule has 2 heterocycles. The van der Waals surface area contributed by atoms with Crippen molar-refractivity contribution in [2.75, 3.05) is 0 Å². The van der Waals surface area contributed by atoms with Crippen molar-refractivity contribution in [3.63, 3.8) is 0 Å². The number of nitrogens with zero attached hydrogens (tertiary/aromatic N) is 2. The molecule has 0 bridgehead atoms. The Labute approximate surface area is 123 Å². The summed E-state index contributed by atoms with van der Waals surface area (Å²) in [6.45, 7) is 5.98. The number of aromatic nitrogens is 2. The van der Waals surface area contributed by atoms with Gasteiger partial charge in [-0.3, -0.25) is 14.0 Å². The Hall–Kier alpha value is -2.21. The van der Waals surface area contributed by atoms with Crippen molar-refractivity contribution in [1.29, 1.82) is 0 Å². The molecule has 21 heavy (non-hydrogen) atoms. The van der Waals surface area contributed by atoms with Crippen molar-refractivity contribution in [3.8, 4) is 0 Å². The highest BCUT2D eigenvalue weighted by atomic mass is 16.2. The molecule has 2 rings (SSSR count). The first-order valence-corrected chi connectivity index (χ1v) is 6.98. The van der Waals surface area contributed by atoms with Crippen LogP contribution < -0.4 is 16.2 Å². The molecule has 0 aliphatic rings. The zero-order valence-electron chi connectivity index (χ0n) is 12.5. The summed E-state index contributed by atoms with van der Waals surface area (Å²) in [5.74, 6) is -0.0671. The van der Waals surface area contributed by atoms with Crippen LogP contribution in [0.3, 0.4) is 0 Å². The number of fused-ring (bicyclic) bond motifs is 1. The first-order chi connectivity index (χ1) is 9.97. The van der Waals surface area contributed by atoms with Gasteiger partial charge in [0.05, 0.1) is 11.7 Å². The normalized spacial score (nSPS) is 12.6. The lowest BCUT2D eigenvalue weighted by Crippen LogP contribution is -2.44. The molecule has 0 radical (unpaired) electrons. The molecule has 1 unspecified atom stereocenters. The Morgan fingerprint density at radius 1 is 1.33 bits per heavy atom. The van der Waals surface area contributed by atoms with Crippen LogP contribution in [-0.4, -0.2) is 27.4 Å². The molecule has 6 nitrogen and oxygen atoms in total. The van der Waals surface area contributed by atoms with E-state index in [1.807, 2.05) is 19.9 Å². The summed E-state index contributed by atoms with van der Waals surface area (Å²) in [7, 11) is 0. The second kappa shape index (κ2) is 6.49. The first-order valence-electron chi connectivity index (χ1n) is 6.98. The van der Waals surface area contributed by atoms with Crippen LogP contribution in [0.4, 0.5) is 0 Å². The average molecular weight is 288 g/mol. The Morgan fingerprint density at radius 3 is 2.81 bits per heavy atom. The molecule has 6 heteroatoms. The van der Waals surface area contributed by atoms with Gasteiger partial charge < -0.3 is 10.6 Å². The fraction of sp³-hybridized carbons (Fsp3) is 0.400. The highest BCUT2D eigenvalue weighted by Gasteiger charge is 2.13. The SMILES string of the molecule is CC(C)NC(=O)C(C)NCc1cc(=O)n2ccccc2n1. The van der Waals surface area contributed by atoms with Gasteiger partial charge in [0.2, 0.25) is 5.91 Å². The van der Waals surface area contributed by atoms with Crippen LogP contribution in [0.2, 0.25) is 0 Å². The zero-order chi connectivity index (χ0) is 15.4. The number of amides is 1. The van der Waals surface area contributed by atoms with E-state index in [0.717, 1.165) is 0 Å². The van der Waals surface area contributed by atoms with Crippen LogP contribution in [0.5, 0.6) is 0 Å². The molecule has 0 aromatic carbocycles. The lowest BCUT2D eigenvalue weighted by Gasteiger charge is -2.15. The number of nitrogens with one attached hydrogen (secondary N) is 2. The molecule has 0 saturated carbocycles. The molecule has 2 aromatic heterocycles. The summed E-state index contributed by atoms with van der Waals surface area (Å²) < 4.78 is 1.48. The van der Waals surface area contributed by atoms with E-state index in [9.17, 15) is 9.59 Å². The van der Waals surface area contributed by atoms with E-state index < -0.39 is 0 Å². The standard InChI is InChI=1S/C15H20N4O2/c1-10(2)17-15(21)11(3)16-9-12-8-14(20)19-7-5-4-6-13(19)18-12/h4-8,10-11,16H,9H2,1-3H3,(H,17,21). The maximum atomic E-state index is 11.9. The average Bonchev–Trinajstić information content (AvgIpc) is 2.44. The fourth-order valence-corrected chi connectivity index (χ4v) is 1.95. The van der Waals surface area contributed by atoms with Gasteiger partial charge in [-0.2, -0.15) is 0 Å². The van der Waals surface area contributed by atoms with E-state index in [-0.39, 0.29) is 23.6 Å². The molecule has 2 N–H and O–H groups in total. The smallest absolute Gasteiger partial charge is 0.258 e. The van der Waals surface area contributed by atoms with Crippen molar-refractivity contribution in [1.82, 2.24) is 20.0 Å². The van der Waals surface area contributed by atoms with E-state index in [1.54, 1.807) is 25.3 Å². The van der Waals surface area contributed by atoms with Gasteiger partial charge in [0, 0.05) is 24.8 Å². The predicted molar refractivity (Wildman–Crippen MR) is 81.0 cm³/mol. The monoisotopic (exact) mass is 288 g/mol. The van der Waals surface area contributed by atoms with Crippen molar-refractivity contribution >= 4 is 11.6 Å². The zero-order valence-corrected chi connectivity index (χ0v) is 12.5. The Kier molecular flexibility index (Phi) is 4.70. The molecule has 1 amide bonds. The number of carbonyl (C=O) groups is 1. The first kappa shape index (κ1) is 15.2. The molecular formula is C15H20N4O2. The van der Waals surface area contributed by atoms with Crippen LogP contribution in [0, 0.1) is 0 Å². The number of carbonyl (C=O) groups excluding carboxylic acids is 1. The third-order valence-corrected chi connectivity index (χ3v) is 3.04. The number of rotatable bonds is 5. The highest BCUT2D eigenvalue weighted by Crippen LogP contribution is 1.99. The third-order valence-electron chi connectivity index (χ3n) is 3.04. The minimum atomic E-state index is -0.344. The summed E-state index contributed by atoms with van der Waals surface area (Å²) >= 11 is 0. The van der Waals surface area contributed by atoms with Gasteiger partial charge in [0.25, 0.3) is 5.56 Å². The van der Waals surface area contributed by atoms with Crippen molar-refractivity contribution in [3.05, 3.63) is 46.5 Å². The molecule has 0 spiro atoms. The van der Waals surface area contributed by atoms with Gasteiger partial charge in [0.15, 0.2) is 0 Å². The van der Waals surface area contributed by atoms with Gasteiger partial charge in [-0.15, -0.1) is 0 Å². The van der Waals surface area contributed by atoms with Crippen LogP contribution in [0.25, 0.3) is 5.65 Å². The molecule has 0 aliphatic carbocycles. The van der Waals surface area contributed by atoms with Crippen LogP contribution in [0.15, 0.2) is 35.3 Å². The molecule has 0 aliphatic heterocycles. The maximum absolute atomic E-state index is 11.9. The van der Waals surface area contributed by atoms with Crippen molar-refractivity contribution in [2.24, 2.45) is 0 Å². The summed E-state index contributed by atoms with van der Waals surface area (Å²) in [6, 6.07) is 6.63. The second-order valence-electron chi connectivity index (χ2n) is 5.28. The topological polar surface area (TPSA) is 75.5 Å². The van der Waals surface area contributed by atoms with Crippen molar-refractivity contribution in [2.45, 2.75) is 39.4 Å². The van der Waals surface area contributed by atoms with Gasteiger partial charge in [-0.05, 0) is 32.9 Å². The van der Waals surface area contributed by atoms with E-state index in [4.69, 9.17) is 0 Å². The maximum Gasteiger partial charge on any atom is 0.258 e. The minimum Gasteiger partial charge on any atom is -0.353 e. The summed E-state index contributed by atoms with van der Waals surface area (Å²) in [5.41, 5.74) is 1.09. The van der Waals surface area contributed by atoms with Crippen molar-refractivity contribution < 1.29 is 4.79 Å². The van der Waals surface area contributed by atoms with Gasteiger partial charge in [-0.1, -0.05) is 6.07 Å². The lowest BCUT2D eigenvalue weighted by molar-refractivity contribution is -0.123. The Bertz CT molecular complexity index is 693. The lowest BCUT2D eigenvalue weighted by atomic mass is 10.2. The number of hydrogen-bond donors (Lipinski definition) is 2. The van der Waals surface area contributed by atoms with Crippen LogP contribution in [-0.2, 0) is 11.3 Å². The number of hydrogen-bond acceptors (Lipinski definition) is 4. The van der Waals surface area contributed by atoms with E-state index in [2.05, 4.69) is 15.6 Å². The molecule has 1 atom stereocenters. The summed E-state index contributed by atoms with van der Waals surface area (Å²) in [6.07, 6.45) is 1.68. The Morgan fingerprint density at radius 2 is 2.10 bits per heavy atom. The predicted octanol–water partition coefficient (Wildman–Crippen LogP) is 0.697. The van der Waals surface area contributed by atoms with Crippen LogP contribution in [0.1, 0.15) is 26.5 Å². The fourth-order valence-electron chi connectivity index (χ4n) is 1.95.